The number of hydrogen-bond acceptors (Lipinski definition) is 5. The van der Waals surface area contributed by atoms with Gasteiger partial charge >= 0.3 is 0 Å². The largest absolute Gasteiger partial charge is 0.374 e. The molecule has 3 aromatic carbocycles. The van der Waals surface area contributed by atoms with Crippen molar-refractivity contribution in [3.05, 3.63) is 90.0 Å². The topological polar surface area (TPSA) is 72.9 Å². The van der Waals surface area contributed by atoms with Crippen LogP contribution in [0.15, 0.2) is 83.8 Å². The van der Waals surface area contributed by atoms with Crippen LogP contribution in [0.1, 0.15) is 235 Å². The van der Waals surface area contributed by atoms with Crippen LogP contribution in [0.5, 0.6) is 0 Å². The number of unbranched alkanes of at least 4 members (excludes halogenated alkanes) is 30. The quantitative estimate of drug-likeness (QED) is 0.0418. The lowest BCUT2D eigenvalue weighted by molar-refractivity contribution is 0.0749. The molecule has 0 bridgehead atoms. The summed E-state index contributed by atoms with van der Waals surface area (Å²) in [6.07, 6.45) is 42.4. The minimum Gasteiger partial charge on any atom is -0.374 e. The number of amides is 1. The van der Waals surface area contributed by atoms with E-state index in [-0.39, 0.29) is 24.0 Å². The molecule has 0 aliphatic carbocycles. The van der Waals surface area contributed by atoms with Crippen molar-refractivity contribution in [2.75, 3.05) is 26.3 Å². The lowest BCUT2D eigenvalue weighted by Crippen LogP contribution is -2.33. The van der Waals surface area contributed by atoms with Gasteiger partial charge in [-0.15, -0.1) is 0 Å². The molecule has 6 nitrogen and oxygen atoms in total. The highest BCUT2D eigenvalue weighted by Gasteiger charge is 2.19. The van der Waals surface area contributed by atoms with E-state index in [9.17, 15) is 13.2 Å². The summed E-state index contributed by atoms with van der Waals surface area (Å²) in [4.78, 5) is 15.9. The summed E-state index contributed by atoms with van der Waals surface area (Å²) >= 11 is 0. The minimum atomic E-state index is -3.99. The van der Waals surface area contributed by atoms with Crippen LogP contribution in [0.25, 0.3) is 11.1 Å². The van der Waals surface area contributed by atoms with Crippen molar-refractivity contribution in [3.63, 3.8) is 0 Å². The first-order chi connectivity index (χ1) is 31.9. The zero-order chi connectivity index (χ0) is 46.3. The lowest BCUT2D eigenvalue weighted by atomic mass is 10.0. The molecule has 3 aromatic rings. The Hall–Kier alpha value is -3.00. The number of carbonyl (C=O) groups excluding carboxylic acids is 1. The zero-order valence-corrected chi connectivity index (χ0v) is 42.4. The SMILES string of the molecule is CCCCCCCCCCCCCCCCCCN(CCCCCCCCCCCCCCCCCC)C(=O)c1ccc(S(=O)(=O)OCCOCc2ccc(-c3ccccc3)cc2)cc1. The number of nitrogens with zero attached hydrogens (tertiary/aromatic N) is 1. The first kappa shape index (κ1) is 56.3. The van der Waals surface area contributed by atoms with E-state index in [1.165, 1.54) is 192 Å². The van der Waals surface area contributed by atoms with Crippen molar-refractivity contribution in [3.8, 4) is 11.1 Å². The normalized spacial score (nSPS) is 11.7. The monoisotopic (exact) mass is 916 g/mol. The number of rotatable bonds is 43. The Bertz CT molecular complexity index is 1620. The summed E-state index contributed by atoms with van der Waals surface area (Å²) in [6.45, 7) is 6.48. The molecule has 0 aromatic heterocycles. The molecular weight excluding hydrogens is 823 g/mol. The smallest absolute Gasteiger partial charge is 0.297 e. The van der Waals surface area contributed by atoms with Crippen molar-refractivity contribution in [2.24, 2.45) is 0 Å². The van der Waals surface area contributed by atoms with Gasteiger partial charge in [-0.1, -0.05) is 261 Å². The third kappa shape index (κ3) is 27.4. The molecule has 3 rings (SSSR count). The molecule has 0 saturated carbocycles. The van der Waals surface area contributed by atoms with E-state index < -0.39 is 10.1 Å². The van der Waals surface area contributed by atoms with Crippen LogP contribution in [0.3, 0.4) is 0 Å². The fraction of sp³-hybridized carbons (Fsp3) is 0.672. The Morgan fingerprint density at radius 1 is 0.431 bits per heavy atom. The molecule has 0 aliphatic heterocycles. The number of ether oxygens (including phenoxy) is 1. The molecule has 0 N–H and O–H groups in total. The second-order valence-electron chi connectivity index (χ2n) is 18.8. The summed E-state index contributed by atoms with van der Waals surface area (Å²) in [5, 5.41) is 0. The Morgan fingerprint density at radius 3 is 1.20 bits per heavy atom. The maximum Gasteiger partial charge on any atom is 0.297 e. The Kier molecular flexibility index (Phi) is 32.9. The molecule has 65 heavy (non-hydrogen) atoms. The van der Waals surface area contributed by atoms with Gasteiger partial charge < -0.3 is 9.64 Å². The summed E-state index contributed by atoms with van der Waals surface area (Å²) in [5.41, 5.74) is 3.82. The zero-order valence-electron chi connectivity index (χ0n) is 41.6. The van der Waals surface area contributed by atoms with E-state index in [0.29, 0.717) is 12.2 Å². The second-order valence-corrected chi connectivity index (χ2v) is 20.4. The van der Waals surface area contributed by atoms with Crippen molar-refractivity contribution in [1.29, 1.82) is 0 Å². The third-order valence-corrected chi connectivity index (χ3v) is 14.4. The minimum absolute atomic E-state index is 0.0120. The fourth-order valence-electron chi connectivity index (χ4n) is 8.85. The number of benzene rings is 3. The maximum absolute atomic E-state index is 13.9. The van der Waals surface area contributed by atoms with E-state index in [4.69, 9.17) is 8.92 Å². The van der Waals surface area contributed by atoms with Crippen LogP contribution in [0.4, 0.5) is 0 Å². The van der Waals surface area contributed by atoms with Gasteiger partial charge in [0.05, 0.1) is 24.7 Å². The van der Waals surface area contributed by atoms with Crippen LogP contribution in [0.2, 0.25) is 0 Å². The summed E-state index contributed by atoms with van der Waals surface area (Å²) < 4.78 is 37.1. The van der Waals surface area contributed by atoms with Gasteiger partial charge in [0, 0.05) is 18.7 Å². The van der Waals surface area contributed by atoms with Crippen molar-refractivity contribution in [2.45, 2.75) is 231 Å². The van der Waals surface area contributed by atoms with Crippen molar-refractivity contribution < 1.29 is 22.1 Å². The second kappa shape index (κ2) is 38.0. The highest BCUT2D eigenvalue weighted by atomic mass is 32.2. The predicted molar refractivity (Wildman–Crippen MR) is 276 cm³/mol. The molecule has 366 valence electrons. The highest BCUT2D eigenvalue weighted by molar-refractivity contribution is 7.86. The van der Waals surface area contributed by atoms with Crippen molar-refractivity contribution >= 4 is 16.0 Å². The van der Waals surface area contributed by atoms with Crippen LogP contribution in [-0.4, -0.2) is 45.5 Å². The summed E-state index contributed by atoms with van der Waals surface area (Å²) in [5.74, 6) is -0.0120. The average Bonchev–Trinajstić information content (AvgIpc) is 3.33. The molecular formula is C58H93NO5S. The van der Waals surface area contributed by atoms with E-state index in [2.05, 4.69) is 38.1 Å². The molecule has 0 saturated heterocycles. The maximum atomic E-state index is 13.9. The van der Waals surface area contributed by atoms with E-state index in [1.807, 2.05) is 35.2 Å². The Morgan fingerprint density at radius 2 is 0.800 bits per heavy atom. The Labute approximate surface area is 399 Å². The van der Waals surface area contributed by atoms with Crippen LogP contribution in [0, 0.1) is 0 Å². The number of hydrogen-bond donors (Lipinski definition) is 0. The third-order valence-electron chi connectivity index (χ3n) is 13.0. The van der Waals surface area contributed by atoms with Crippen LogP contribution >= 0.6 is 0 Å². The molecule has 0 heterocycles. The van der Waals surface area contributed by atoms with Gasteiger partial charge in [0.25, 0.3) is 16.0 Å². The molecule has 0 aliphatic rings. The average molecular weight is 916 g/mol. The predicted octanol–water partition coefficient (Wildman–Crippen LogP) is 17.2. The van der Waals surface area contributed by atoms with Gasteiger partial charge in [-0.2, -0.15) is 8.42 Å². The molecule has 0 spiro atoms. The van der Waals surface area contributed by atoms with E-state index in [0.717, 1.165) is 55.5 Å². The fourth-order valence-corrected chi connectivity index (χ4v) is 9.74. The molecule has 0 fully saturated rings. The van der Waals surface area contributed by atoms with E-state index >= 15 is 0 Å². The Balaban J connectivity index is 1.36. The van der Waals surface area contributed by atoms with Gasteiger partial charge in [0.2, 0.25) is 0 Å². The highest BCUT2D eigenvalue weighted by Crippen LogP contribution is 2.21. The molecule has 0 atom stereocenters. The first-order valence-corrected chi connectivity index (χ1v) is 28.4. The van der Waals surface area contributed by atoms with Gasteiger partial charge in [-0.25, -0.2) is 0 Å². The standard InChI is InChI=1S/C58H93NO5S/c1-3-5-7-9-11-13-15-17-19-21-23-25-27-29-31-36-48-59(49-37-32-30-28-26-24-22-20-18-16-14-12-10-8-6-4-2)58(60)56-44-46-57(47-45-56)65(61,62)64-51-50-63-52-53-40-42-55(43-41-53)54-38-34-33-35-39-54/h33-35,38-47H,3-32,36-37,48-52H2,1-2H3. The van der Waals surface area contributed by atoms with Gasteiger partial charge in [0.1, 0.15) is 0 Å². The molecule has 0 unspecified atom stereocenters. The van der Waals surface area contributed by atoms with Crippen LogP contribution < -0.4 is 0 Å². The number of carbonyl (C=O) groups is 1. The van der Waals surface area contributed by atoms with E-state index in [1.54, 1.807) is 12.1 Å². The van der Waals surface area contributed by atoms with Gasteiger partial charge in [-0.3, -0.25) is 8.98 Å². The van der Waals surface area contributed by atoms with Crippen LogP contribution in [-0.2, 0) is 25.6 Å². The first-order valence-electron chi connectivity index (χ1n) is 27.0. The molecule has 7 heteroatoms. The lowest BCUT2D eigenvalue weighted by Gasteiger charge is -2.23. The molecule has 0 radical (unpaired) electrons. The molecule has 1 amide bonds. The van der Waals surface area contributed by atoms with Gasteiger partial charge in [-0.05, 0) is 53.8 Å². The van der Waals surface area contributed by atoms with Crippen molar-refractivity contribution in [1.82, 2.24) is 4.90 Å². The summed E-state index contributed by atoms with van der Waals surface area (Å²) in [7, 11) is -3.99. The summed E-state index contributed by atoms with van der Waals surface area (Å²) in [6, 6.07) is 24.6. The van der Waals surface area contributed by atoms with Gasteiger partial charge in [0.15, 0.2) is 0 Å².